The number of rotatable bonds is 5. The highest BCUT2D eigenvalue weighted by atomic mass is 35.5. The van der Waals surface area contributed by atoms with Crippen LogP contribution in [0.2, 0.25) is 5.02 Å². The zero-order valence-electron chi connectivity index (χ0n) is 15.5. The molecular weight excluding hydrogens is 388 g/mol. The zero-order valence-corrected chi connectivity index (χ0v) is 16.3. The van der Waals surface area contributed by atoms with Crippen LogP contribution in [0.4, 0.5) is 17.2 Å². The Morgan fingerprint density at radius 1 is 0.966 bits per heavy atom. The molecule has 0 saturated heterocycles. The summed E-state index contributed by atoms with van der Waals surface area (Å²) in [4.78, 5) is 12.3. The molecule has 7 nitrogen and oxygen atoms in total. The molecule has 29 heavy (non-hydrogen) atoms. The highest BCUT2D eigenvalue weighted by Crippen LogP contribution is 2.19. The smallest absolute Gasteiger partial charge is 0.255 e. The van der Waals surface area contributed by atoms with Crippen molar-refractivity contribution in [2.24, 2.45) is 0 Å². The van der Waals surface area contributed by atoms with Gasteiger partial charge in [-0.05, 0) is 67.6 Å². The lowest BCUT2D eigenvalue weighted by Gasteiger charge is -2.08. The van der Waals surface area contributed by atoms with Crippen molar-refractivity contribution in [1.82, 2.24) is 20.0 Å². The number of hydrogen-bond donors (Lipinski definition) is 2. The van der Waals surface area contributed by atoms with Gasteiger partial charge >= 0.3 is 0 Å². The summed E-state index contributed by atoms with van der Waals surface area (Å²) in [7, 11) is 0. The molecule has 0 saturated carbocycles. The van der Waals surface area contributed by atoms with Crippen LogP contribution in [0.3, 0.4) is 0 Å². The van der Waals surface area contributed by atoms with Crippen molar-refractivity contribution in [3.05, 3.63) is 89.2 Å². The molecule has 4 aromatic rings. The van der Waals surface area contributed by atoms with E-state index in [1.165, 1.54) is 0 Å². The third kappa shape index (κ3) is 4.59. The van der Waals surface area contributed by atoms with Crippen LogP contribution in [-0.4, -0.2) is 25.9 Å². The fourth-order valence-corrected chi connectivity index (χ4v) is 2.86. The van der Waals surface area contributed by atoms with E-state index in [-0.39, 0.29) is 5.91 Å². The molecule has 0 unspecified atom stereocenters. The maximum absolute atomic E-state index is 12.3. The summed E-state index contributed by atoms with van der Waals surface area (Å²) in [5.74, 6) is 1.03. The molecule has 2 aromatic carbocycles. The van der Waals surface area contributed by atoms with Crippen LogP contribution >= 0.6 is 11.6 Å². The molecule has 2 heterocycles. The highest BCUT2D eigenvalue weighted by molar-refractivity contribution is 6.31. The average Bonchev–Trinajstić information content (AvgIpc) is 3.16. The molecule has 144 valence electrons. The second kappa shape index (κ2) is 8.12. The van der Waals surface area contributed by atoms with Crippen molar-refractivity contribution in [2.75, 3.05) is 10.6 Å². The fourth-order valence-electron chi connectivity index (χ4n) is 2.67. The van der Waals surface area contributed by atoms with Gasteiger partial charge in [-0.15, -0.1) is 10.2 Å². The lowest BCUT2D eigenvalue weighted by molar-refractivity contribution is 0.102. The average molecular weight is 405 g/mol. The third-order valence-electron chi connectivity index (χ3n) is 4.11. The van der Waals surface area contributed by atoms with Crippen LogP contribution in [0.1, 0.15) is 16.1 Å². The molecular formula is C21H17ClN6O. The van der Waals surface area contributed by atoms with Crippen molar-refractivity contribution in [3.63, 3.8) is 0 Å². The third-order valence-corrected chi connectivity index (χ3v) is 4.34. The molecule has 2 aromatic heterocycles. The van der Waals surface area contributed by atoms with Gasteiger partial charge in [-0.25, -0.2) is 4.68 Å². The number of anilines is 3. The summed E-state index contributed by atoms with van der Waals surface area (Å²) in [6.07, 6.45) is 1.84. The second-order valence-corrected chi connectivity index (χ2v) is 6.78. The number of aromatic nitrogens is 4. The van der Waals surface area contributed by atoms with Crippen LogP contribution < -0.4 is 10.6 Å². The van der Waals surface area contributed by atoms with E-state index >= 15 is 0 Å². The first-order valence-corrected chi connectivity index (χ1v) is 9.25. The van der Waals surface area contributed by atoms with Gasteiger partial charge in [0, 0.05) is 28.2 Å². The van der Waals surface area contributed by atoms with Crippen LogP contribution in [0.5, 0.6) is 0 Å². The van der Waals surface area contributed by atoms with Crippen molar-refractivity contribution in [3.8, 4) is 5.82 Å². The van der Waals surface area contributed by atoms with Gasteiger partial charge in [-0.1, -0.05) is 17.7 Å². The molecule has 8 heteroatoms. The van der Waals surface area contributed by atoms with Crippen molar-refractivity contribution in [1.29, 1.82) is 0 Å². The molecule has 0 aliphatic carbocycles. The Balaban J connectivity index is 1.40. The standard InChI is InChI=1S/C21H17ClN6O/c1-14-11-12-28(27-14)20-10-9-19(25-26-20)23-17-5-7-18(8-6-17)24-21(29)15-3-2-4-16(22)13-15/h2-13H,1H3,(H,23,25)(H,24,29). The van der Waals surface area contributed by atoms with E-state index in [0.29, 0.717) is 27.9 Å². The summed E-state index contributed by atoms with van der Waals surface area (Å²) < 4.78 is 1.67. The Morgan fingerprint density at radius 3 is 2.41 bits per heavy atom. The molecule has 0 spiro atoms. The minimum absolute atomic E-state index is 0.219. The van der Waals surface area contributed by atoms with Gasteiger partial charge in [0.2, 0.25) is 0 Å². The van der Waals surface area contributed by atoms with E-state index in [1.807, 2.05) is 43.5 Å². The number of nitrogens with zero attached hydrogens (tertiary/aromatic N) is 4. The number of carbonyl (C=O) groups excluding carboxylic acids is 1. The van der Waals surface area contributed by atoms with E-state index in [0.717, 1.165) is 11.4 Å². The molecule has 1 amide bonds. The van der Waals surface area contributed by atoms with Crippen LogP contribution in [0.25, 0.3) is 5.82 Å². The monoisotopic (exact) mass is 404 g/mol. The van der Waals surface area contributed by atoms with Crippen LogP contribution in [-0.2, 0) is 0 Å². The summed E-state index contributed by atoms with van der Waals surface area (Å²) in [5, 5.41) is 19.2. The molecule has 0 fully saturated rings. The molecule has 0 radical (unpaired) electrons. The zero-order chi connectivity index (χ0) is 20.2. The summed E-state index contributed by atoms with van der Waals surface area (Å²) >= 11 is 5.93. The Bertz CT molecular complexity index is 1140. The van der Waals surface area contributed by atoms with Crippen molar-refractivity contribution in [2.45, 2.75) is 6.92 Å². The Kier molecular flexibility index (Phi) is 5.22. The van der Waals surface area contributed by atoms with E-state index < -0.39 is 0 Å². The van der Waals surface area contributed by atoms with Crippen molar-refractivity contribution >= 4 is 34.7 Å². The maximum Gasteiger partial charge on any atom is 0.255 e. The van der Waals surface area contributed by atoms with E-state index in [1.54, 1.807) is 41.1 Å². The topological polar surface area (TPSA) is 84.7 Å². The fraction of sp³-hybridized carbons (Fsp3) is 0.0476. The van der Waals surface area contributed by atoms with Gasteiger partial charge in [0.25, 0.3) is 5.91 Å². The number of amides is 1. The summed E-state index contributed by atoms with van der Waals surface area (Å²) in [5.41, 5.74) is 2.91. The molecule has 0 atom stereocenters. The predicted molar refractivity (Wildman–Crippen MR) is 113 cm³/mol. The highest BCUT2D eigenvalue weighted by Gasteiger charge is 2.07. The van der Waals surface area contributed by atoms with Crippen LogP contribution in [0.15, 0.2) is 72.9 Å². The lowest BCUT2D eigenvalue weighted by atomic mass is 10.2. The van der Waals surface area contributed by atoms with Gasteiger partial charge in [0.1, 0.15) is 0 Å². The minimum atomic E-state index is -0.219. The summed E-state index contributed by atoms with van der Waals surface area (Å²) in [6.45, 7) is 1.92. The van der Waals surface area contributed by atoms with E-state index in [2.05, 4.69) is 25.9 Å². The SMILES string of the molecule is Cc1ccn(-c2ccc(Nc3ccc(NC(=O)c4cccc(Cl)c4)cc3)nn2)n1. The number of carbonyl (C=O) groups is 1. The Morgan fingerprint density at radius 2 is 1.76 bits per heavy atom. The molecule has 0 aliphatic rings. The van der Waals surface area contributed by atoms with Gasteiger partial charge in [0.05, 0.1) is 5.69 Å². The largest absolute Gasteiger partial charge is 0.339 e. The lowest BCUT2D eigenvalue weighted by Crippen LogP contribution is -2.11. The van der Waals surface area contributed by atoms with Gasteiger partial charge in [0.15, 0.2) is 11.6 Å². The van der Waals surface area contributed by atoms with Gasteiger partial charge < -0.3 is 10.6 Å². The first-order valence-electron chi connectivity index (χ1n) is 8.87. The first kappa shape index (κ1) is 18.6. The number of benzene rings is 2. The van der Waals surface area contributed by atoms with Crippen molar-refractivity contribution < 1.29 is 4.79 Å². The number of hydrogen-bond acceptors (Lipinski definition) is 5. The molecule has 4 rings (SSSR count). The Labute approximate surface area is 172 Å². The quantitative estimate of drug-likeness (QED) is 0.507. The molecule has 2 N–H and O–H groups in total. The molecule has 0 aliphatic heterocycles. The maximum atomic E-state index is 12.3. The van der Waals surface area contributed by atoms with Crippen LogP contribution in [0, 0.1) is 6.92 Å². The normalized spacial score (nSPS) is 10.6. The Hall–Kier alpha value is -3.71. The summed E-state index contributed by atoms with van der Waals surface area (Å²) in [6, 6.07) is 19.7. The van der Waals surface area contributed by atoms with Gasteiger partial charge in [-0.2, -0.15) is 5.10 Å². The second-order valence-electron chi connectivity index (χ2n) is 6.35. The van der Waals surface area contributed by atoms with E-state index in [9.17, 15) is 4.79 Å². The molecule has 0 bridgehead atoms. The number of aryl methyl sites for hydroxylation is 1. The number of halogens is 1. The minimum Gasteiger partial charge on any atom is -0.339 e. The first-order chi connectivity index (χ1) is 14.1. The van der Waals surface area contributed by atoms with Gasteiger partial charge in [-0.3, -0.25) is 4.79 Å². The predicted octanol–water partition coefficient (Wildman–Crippen LogP) is 4.62. The van der Waals surface area contributed by atoms with E-state index in [4.69, 9.17) is 11.6 Å². The number of nitrogens with one attached hydrogen (secondary N) is 2.